The molecule has 0 saturated carbocycles. The third kappa shape index (κ3) is 3.34. The van der Waals surface area contributed by atoms with Crippen molar-refractivity contribution in [3.63, 3.8) is 0 Å². The van der Waals surface area contributed by atoms with Crippen LogP contribution in [0.15, 0.2) is 40.1 Å². The van der Waals surface area contributed by atoms with Crippen molar-refractivity contribution in [2.24, 2.45) is 5.73 Å². The third-order valence-electron chi connectivity index (χ3n) is 2.55. The molecule has 0 aliphatic heterocycles. The maximum absolute atomic E-state index is 7.71. The molecule has 2 rings (SSSR count). The fourth-order valence-electron chi connectivity index (χ4n) is 1.60. The van der Waals surface area contributed by atoms with Crippen LogP contribution in [0.2, 0.25) is 0 Å². The zero-order chi connectivity index (χ0) is 13.0. The molecule has 18 heavy (non-hydrogen) atoms. The highest BCUT2D eigenvalue weighted by atomic mass is 32.2. The van der Waals surface area contributed by atoms with Crippen LogP contribution >= 0.6 is 23.1 Å². The van der Waals surface area contributed by atoms with E-state index in [2.05, 4.69) is 4.98 Å². The summed E-state index contributed by atoms with van der Waals surface area (Å²) < 4.78 is 1.04. The monoisotopic (exact) mass is 277 g/mol. The second kappa shape index (κ2) is 6.02. The summed E-state index contributed by atoms with van der Waals surface area (Å²) in [5, 5.41) is 9.74. The molecule has 0 fully saturated rings. The minimum atomic E-state index is -0.0413. The molecule has 2 aromatic rings. The van der Waals surface area contributed by atoms with E-state index in [1.807, 2.05) is 42.6 Å². The van der Waals surface area contributed by atoms with Gasteiger partial charge in [-0.25, -0.2) is 4.98 Å². The lowest BCUT2D eigenvalue weighted by atomic mass is 10.0. The molecule has 3 nitrogen and oxygen atoms in total. The van der Waals surface area contributed by atoms with Gasteiger partial charge in [0.1, 0.15) is 4.34 Å². The first-order valence-corrected chi connectivity index (χ1v) is 7.47. The molecule has 0 saturated heterocycles. The SMILES string of the molecule is Cc1csc(SCC(C(=N)N)c2ccccc2)n1. The Morgan fingerprint density at radius 1 is 1.44 bits per heavy atom. The van der Waals surface area contributed by atoms with E-state index < -0.39 is 0 Å². The lowest BCUT2D eigenvalue weighted by Crippen LogP contribution is -2.22. The van der Waals surface area contributed by atoms with Gasteiger partial charge in [-0.1, -0.05) is 42.1 Å². The molecule has 0 bridgehead atoms. The predicted octanol–water partition coefficient (Wildman–Crippen LogP) is 3.26. The molecule has 5 heteroatoms. The molecular formula is C13H15N3S2. The third-order valence-corrected chi connectivity index (χ3v) is 4.78. The number of aryl methyl sites for hydroxylation is 1. The van der Waals surface area contributed by atoms with E-state index in [0.29, 0.717) is 0 Å². The quantitative estimate of drug-likeness (QED) is 0.501. The highest BCUT2D eigenvalue weighted by molar-refractivity contribution is 8.01. The molecular weight excluding hydrogens is 262 g/mol. The first-order chi connectivity index (χ1) is 8.66. The Kier molecular flexibility index (Phi) is 4.38. The largest absolute Gasteiger partial charge is 0.387 e. The van der Waals surface area contributed by atoms with Gasteiger partial charge in [0, 0.05) is 16.8 Å². The summed E-state index contributed by atoms with van der Waals surface area (Å²) >= 11 is 3.30. The Labute approximate surface area is 115 Å². The van der Waals surface area contributed by atoms with Gasteiger partial charge in [-0.15, -0.1) is 11.3 Å². The number of thiazole rings is 1. The molecule has 0 spiro atoms. The second-order valence-electron chi connectivity index (χ2n) is 3.98. The van der Waals surface area contributed by atoms with E-state index in [-0.39, 0.29) is 11.8 Å². The number of rotatable bonds is 5. The molecule has 0 aliphatic carbocycles. The van der Waals surface area contributed by atoms with Crippen LogP contribution in [0.25, 0.3) is 0 Å². The number of hydrogen-bond acceptors (Lipinski definition) is 4. The summed E-state index contributed by atoms with van der Waals surface area (Å²) in [7, 11) is 0. The Balaban J connectivity index is 2.06. The summed E-state index contributed by atoms with van der Waals surface area (Å²) in [5.41, 5.74) is 7.82. The average Bonchev–Trinajstić information content (AvgIpc) is 2.76. The van der Waals surface area contributed by atoms with Crippen molar-refractivity contribution in [1.29, 1.82) is 5.41 Å². The van der Waals surface area contributed by atoms with E-state index >= 15 is 0 Å². The van der Waals surface area contributed by atoms with Crippen LogP contribution in [0, 0.1) is 12.3 Å². The minimum absolute atomic E-state index is 0.0413. The number of nitrogens with two attached hydrogens (primary N) is 1. The Bertz CT molecular complexity index is 522. The van der Waals surface area contributed by atoms with Crippen LogP contribution in [0.4, 0.5) is 0 Å². The fourth-order valence-corrected chi connectivity index (χ4v) is 3.64. The van der Waals surface area contributed by atoms with E-state index in [9.17, 15) is 0 Å². The van der Waals surface area contributed by atoms with Crippen LogP contribution in [-0.2, 0) is 0 Å². The van der Waals surface area contributed by atoms with Gasteiger partial charge in [0.25, 0.3) is 0 Å². The van der Waals surface area contributed by atoms with Gasteiger partial charge in [0.15, 0.2) is 0 Å². The zero-order valence-electron chi connectivity index (χ0n) is 10.1. The first-order valence-electron chi connectivity index (χ1n) is 5.60. The smallest absolute Gasteiger partial charge is 0.150 e. The molecule has 0 amide bonds. The molecule has 1 heterocycles. The van der Waals surface area contributed by atoms with Crippen molar-refractivity contribution < 1.29 is 0 Å². The van der Waals surface area contributed by atoms with Gasteiger partial charge < -0.3 is 5.73 Å². The summed E-state index contributed by atoms with van der Waals surface area (Å²) in [5.74, 6) is 0.925. The highest BCUT2D eigenvalue weighted by Gasteiger charge is 2.15. The average molecular weight is 277 g/mol. The molecule has 0 aliphatic rings. The zero-order valence-corrected chi connectivity index (χ0v) is 11.7. The Morgan fingerprint density at radius 2 is 2.17 bits per heavy atom. The predicted molar refractivity (Wildman–Crippen MR) is 78.7 cm³/mol. The minimum Gasteiger partial charge on any atom is -0.387 e. The van der Waals surface area contributed by atoms with Crippen molar-refractivity contribution in [2.45, 2.75) is 17.2 Å². The standard InChI is InChI=1S/C13H15N3S2/c1-9-7-17-13(16-9)18-8-11(12(14)15)10-5-3-2-4-6-10/h2-7,11H,8H2,1H3,(H3,14,15). The van der Waals surface area contributed by atoms with Crippen molar-refractivity contribution in [2.75, 3.05) is 5.75 Å². The van der Waals surface area contributed by atoms with Crippen molar-refractivity contribution in [3.8, 4) is 0 Å². The summed E-state index contributed by atoms with van der Waals surface area (Å²) in [4.78, 5) is 4.41. The van der Waals surface area contributed by atoms with Crippen LogP contribution < -0.4 is 5.73 Å². The second-order valence-corrected chi connectivity index (χ2v) is 6.11. The molecule has 0 radical (unpaired) electrons. The van der Waals surface area contributed by atoms with Gasteiger partial charge in [0.05, 0.1) is 11.8 Å². The van der Waals surface area contributed by atoms with E-state index in [1.54, 1.807) is 23.1 Å². The first kappa shape index (κ1) is 13.1. The van der Waals surface area contributed by atoms with Gasteiger partial charge in [-0.3, -0.25) is 5.41 Å². The molecule has 94 valence electrons. The van der Waals surface area contributed by atoms with Crippen LogP contribution in [0.1, 0.15) is 17.2 Å². The van der Waals surface area contributed by atoms with E-state index in [4.69, 9.17) is 11.1 Å². The molecule has 1 unspecified atom stereocenters. The molecule has 1 aromatic carbocycles. The lowest BCUT2D eigenvalue weighted by Gasteiger charge is -2.14. The maximum Gasteiger partial charge on any atom is 0.150 e. The van der Waals surface area contributed by atoms with Gasteiger partial charge >= 0.3 is 0 Å². The number of amidine groups is 1. The lowest BCUT2D eigenvalue weighted by molar-refractivity contribution is 1.00. The summed E-state index contributed by atoms with van der Waals surface area (Å²) in [6, 6.07) is 9.95. The topological polar surface area (TPSA) is 62.8 Å². The summed E-state index contributed by atoms with van der Waals surface area (Å²) in [6.07, 6.45) is 0. The molecule has 1 aromatic heterocycles. The van der Waals surface area contributed by atoms with Gasteiger partial charge in [-0.2, -0.15) is 0 Å². The maximum atomic E-state index is 7.71. The van der Waals surface area contributed by atoms with Crippen molar-refractivity contribution in [1.82, 2.24) is 4.98 Å². The van der Waals surface area contributed by atoms with Crippen LogP contribution in [-0.4, -0.2) is 16.6 Å². The van der Waals surface area contributed by atoms with E-state index in [0.717, 1.165) is 21.3 Å². The number of nitrogens with zero attached hydrogens (tertiary/aromatic N) is 1. The number of benzene rings is 1. The molecule has 1 atom stereocenters. The van der Waals surface area contributed by atoms with Crippen molar-refractivity contribution in [3.05, 3.63) is 47.0 Å². The number of aromatic nitrogens is 1. The Hall–Kier alpha value is -1.33. The number of nitrogens with one attached hydrogen (secondary N) is 1. The van der Waals surface area contributed by atoms with Crippen molar-refractivity contribution >= 4 is 28.9 Å². The summed E-state index contributed by atoms with van der Waals surface area (Å²) in [6.45, 7) is 1.99. The van der Waals surface area contributed by atoms with Gasteiger partial charge in [-0.05, 0) is 12.5 Å². The van der Waals surface area contributed by atoms with Gasteiger partial charge in [0.2, 0.25) is 0 Å². The normalized spacial score (nSPS) is 12.3. The van der Waals surface area contributed by atoms with Crippen LogP contribution in [0.5, 0.6) is 0 Å². The number of hydrogen-bond donors (Lipinski definition) is 2. The van der Waals surface area contributed by atoms with Crippen LogP contribution in [0.3, 0.4) is 0 Å². The fraction of sp³-hybridized carbons (Fsp3) is 0.231. The Morgan fingerprint density at radius 3 is 2.72 bits per heavy atom. The van der Waals surface area contributed by atoms with E-state index in [1.165, 1.54) is 0 Å². The molecule has 3 N–H and O–H groups in total. The number of thioether (sulfide) groups is 1. The highest BCUT2D eigenvalue weighted by Crippen LogP contribution is 2.28.